The molecule has 0 bridgehead atoms. The Kier molecular flexibility index (Phi) is 5.07. The average molecular weight is 425 g/mol. The van der Waals surface area contributed by atoms with Gasteiger partial charge in [-0.25, -0.2) is 4.98 Å². The van der Waals surface area contributed by atoms with Gasteiger partial charge in [-0.3, -0.25) is 4.79 Å². The summed E-state index contributed by atoms with van der Waals surface area (Å²) in [7, 11) is 0. The van der Waals surface area contributed by atoms with E-state index in [1.165, 1.54) is 0 Å². The van der Waals surface area contributed by atoms with Gasteiger partial charge in [0.15, 0.2) is 5.76 Å². The van der Waals surface area contributed by atoms with Gasteiger partial charge in [0.2, 0.25) is 11.5 Å². The van der Waals surface area contributed by atoms with Crippen LogP contribution in [-0.4, -0.2) is 10.8 Å². The number of aromatic nitrogens is 1. The third kappa shape index (κ3) is 3.50. The summed E-state index contributed by atoms with van der Waals surface area (Å²) < 4.78 is 5.78. The van der Waals surface area contributed by atoms with Crippen LogP contribution >= 0.6 is 23.2 Å². The number of fused-ring (bicyclic) bond motifs is 1. The van der Waals surface area contributed by atoms with Crippen molar-refractivity contribution in [2.24, 2.45) is 5.92 Å². The van der Waals surface area contributed by atoms with Gasteiger partial charge in [-0.15, -0.1) is 0 Å². The number of ketones is 1. The summed E-state index contributed by atoms with van der Waals surface area (Å²) in [5.41, 5.74) is 9.98. The van der Waals surface area contributed by atoms with Gasteiger partial charge in [0, 0.05) is 27.1 Å². The first-order chi connectivity index (χ1) is 13.9. The molecule has 0 aliphatic rings. The smallest absolute Gasteiger partial charge is 0.229 e. The highest BCUT2D eigenvalue weighted by atomic mass is 35.5. The number of nitrogens with zero attached hydrogens (tertiary/aromatic N) is 1. The molecule has 0 radical (unpaired) electrons. The van der Waals surface area contributed by atoms with Crippen LogP contribution in [0.5, 0.6) is 0 Å². The second-order valence-electron chi connectivity index (χ2n) is 7.09. The molecule has 0 aliphatic heterocycles. The lowest BCUT2D eigenvalue weighted by Gasteiger charge is -2.11. The van der Waals surface area contributed by atoms with Gasteiger partial charge >= 0.3 is 0 Å². The van der Waals surface area contributed by atoms with Crippen molar-refractivity contribution in [2.75, 3.05) is 5.73 Å². The van der Waals surface area contributed by atoms with Crippen LogP contribution < -0.4 is 5.73 Å². The molecule has 4 aromatic rings. The van der Waals surface area contributed by atoms with Gasteiger partial charge in [-0.1, -0.05) is 67.4 Å². The fraction of sp³-hybridized carbons (Fsp3) is 0.130. The molecule has 146 valence electrons. The van der Waals surface area contributed by atoms with Gasteiger partial charge in [-0.2, -0.15) is 0 Å². The Morgan fingerprint density at radius 2 is 1.72 bits per heavy atom. The molecule has 2 N–H and O–H groups in total. The van der Waals surface area contributed by atoms with Crippen LogP contribution in [0.3, 0.4) is 0 Å². The number of furan rings is 1. The van der Waals surface area contributed by atoms with Gasteiger partial charge < -0.3 is 10.2 Å². The summed E-state index contributed by atoms with van der Waals surface area (Å²) in [4.78, 5) is 17.2. The minimum absolute atomic E-state index is 0.140. The number of Topliss-reactive ketones (excluding diaryl/α,β-unsaturated/α-hetero) is 1. The van der Waals surface area contributed by atoms with E-state index in [1.807, 2.05) is 48.5 Å². The molecule has 2 aromatic carbocycles. The number of nitrogen functional groups attached to an aromatic ring is 1. The van der Waals surface area contributed by atoms with E-state index in [9.17, 15) is 4.79 Å². The zero-order chi connectivity index (χ0) is 20.7. The van der Waals surface area contributed by atoms with Gasteiger partial charge in [0.1, 0.15) is 0 Å². The van der Waals surface area contributed by atoms with Gasteiger partial charge in [0.05, 0.1) is 16.8 Å². The van der Waals surface area contributed by atoms with E-state index in [0.29, 0.717) is 32.5 Å². The third-order valence-corrected chi connectivity index (χ3v) is 5.34. The number of nitrogens with two attached hydrogens (primary N) is 1. The number of halogens is 2. The molecule has 4 rings (SSSR count). The summed E-state index contributed by atoms with van der Waals surface area (Å²) in [6.45, 7) is 3.60. The van der Waals surface area contributed by atoms with E-state index < -0.39 is 0 Å². The van der Waals surface area contributed by atoms with Crippen LogP contribution in [0.4, 0.5) is 5.69 Å². The lowest BCUT2D eigenvalue weighted by molar-refractivity contribution is 0.0914. The van der Waals surface area contributed by atoms with Crippen molar-refractivity contribution >= 4 is 45.8 Å². The van der Waals surface area contributed by atoms with Crippen molar-refractivity contribution in [3.05, 3.63) is 70.4 Å². The maximum atomic E-state index is 12.5. The molecule has 2 heterocycles. The van der Waals surface area contributed by atoms with Crippen LogP contribution in [-0.2, 0) is 0 Å². The molecular formula is C23H18Cl2N2O2. The number of carbonyl (C=O) groups excluding carboxylic acids is 1. The van der Waals surface area contributed by atoms with Crippen molar-refractivity contribution in [3.63, 3.8) is 0 Å². The van der Waals surface area contributed by atoms with Crippen LogP contribution in [0.15, 0.2) is 59.0 Å². The molecule has 0 fully saturated rings. The summed E-state index contributed by atoms with van der Waals surface area (Å²) in [6, 6.07) is 16.8. The largest absolute Gasteiger partial charge is 0.432 e. The maximum Gasteiger partial charge on any atom is 0.229 e. The minimum atomic E-state index is -0.239. The highest BCUT2D eigenvalue weighted by Crippen LogP contribution is 2.40. The predicted molar refractivity (Wildman–Crippen MR) is 118 cm³/mol. The Hall–Kier alpha value is -2.82. The lowest BCUT2D eigenvalue weighted by Crippen LogP contribution is -2.08. The topological polar surface area (TPSA) is 69.1 Å². The standard InChI is InChI=1S/C23H18Cl2N2O2/c1-12(2)21(28)22-19(26)17-11-16(13-7-9-14(24)10-8-13)20(27-23(17)29-22)15-5-3-4-6-18(15)25/h3-12H,26H2,1-2H3. The fourth-order valence-electron chi connectivity index (χ4n) is 3.19. The van der Waals surface area contributed by atoms with Gasteiger partial charge in [0.25, 0.3) is 0 Å². The highest BCUT2D eigenvalue weighted by Gasteiger charge is 2.24. The van der Waals surface area contributed by atoms with Crippen LogP contribution in [0.2, 0.25) is 10.0 Å². The first-order valence-corrected chi connectivity index (χ1v) is 9.90. The average Bonchev–Trinajstić information content (AvgIpc) is 3.03. The molecule has 29 heavy (non-hydrogen) atoms. The van der Waals surface area contributed by atoms with Crippen molar-refractivity contribution in [1.82, 2.24) is 4.98 Å². The molecular weight excluding hydrogens is 407 g/mol. The molecule has 2 aromatic heterocycles. The van der Waals surface area contributed by atoms with Crippen LogP contribution in [0, 0.1) is 5.92 Å². The Balaban J connectivity index is 2.03. The summed E-state index contributed by atoms with van der Waals surface area (Å²) in [5.74, 6) is -0.259. The summed E-state index contributed by atoms with van der Waals surface area (Å²) >= 11 is 12.5. The SMILES string of the molecule is CC(C)C(=O)c1oc2nc(-c3ccccc3Cl)c(-c3ccc(Cl)cc3)cc2c1N. The van der Waals surface area contributed by atoms with E-state index in [4.69, 9.17) is 38.3 Å². The fourth-order valence-corrected chi connectivity index (χ4v) is 3.55. The molecule has 0 aliphatic carbocycles. The monoisotopic (exact) mass is 424 g/mol. The number of hydrogen-bond acceptors (Lipinski definition) is 4. The van der Waals surface area contributed by atoms with E-state index >= 15 is 0 Å². The van der Waals surface area contributed by atoms with E-state index in [-0.39, 0.29) is 17.5 Å². The van der Waals surface area contributed by atoms with Crippen molar-refractivity contribution in [1.29, 1.82) is 0 Å². The first kappa shape index (κ1) is 19.5. The lowest BCUT2D eigenvalue weighted by atomic mass is 9.98. The molecule has 0 atom stereocenters. The predicted octanol–water partition coefficient (Wildman–Crippen LogP) is 6.89. The normalized spacial score (nSPS) is 11.3. The number of anilines is 1. The number of rotatable bonds is 4. The number of carbonyl (C=O) groups is 1. The zero-order valence-corrected chi connectivity index (χ0v) is 17.4. The van der Waals surface area contributed by atoms with Crippen LogP contribution in [0.25, 0.3) is 33.5 Å². The van der Waals surface area contributed by atoms with E-state index in [0.717, 1.165) is 16.7 Å². The Bertz CT molecular complexity index is 1230. The molecule has 0 unspecified atom stereocenters. The van der Waals surface area contributed by atoms with E-state index in [1.54, 1.807) is 19.9 Å². The quantitative estimate of drug-likeness (QED) is 0.362. The summed E-state index contributed by atoms with van der Waals surface area (Å²) in [6.07, 6.45) is 0. The van der Waals surface area contributed by atoms with Crippen LogP contribution in [0.1, 0.15) is 24.4 Å². The molecule has 6 heteroatoms. The maximum absolute atomic E-state index is 12.5. The highest BCUT2D eigenvalue weighted by molar-refractivity contribution is 6.33. The third-order valence-electron chi connectivity index (χ3n) is 4.75. The Morgan fingerprint density at radius 1 is 1.03 bits per heavy atom. The van der Waals surface area contributed by atoms with Crippen molar-refractivity contribution in [3.8, 4) is 22.4 Å². The van der Waals surface area contributed by atoms with Crippen molar-refractivity contribution in [2.45, 2.75) is 13.8 Å². The van der Waals surface area contributed by atoms with Crippen molar-refractivity contribution < 1.29 is 9.21 Å². The zero-order valence-electron chi connectivity index (χ0n) is 15.9. The number of pyridine rings is 1. The molecule has 0 spiro atoms. The number of hydrogen-bond donors (Lipinski definition) is 1. The molecule has 0 amide bonds. The first-order valence-electron chi connectivity index (χ1n) is 9.15. The minimum Gasteiger partial charge on any atom is -0.432 e. The van der Waals surface area contributed by atoms with E-state index in [2.05, 4.69) is 0 Å². The Morgan fingerprint density at radius 3 is 2.38 bits per heavy atom. The molecule has 0 saturated heterocycles. The molecule has 4 nitrogen and oxygen atoms in total. The second kappa shape index (κ2) is 7.54. The Labute approximate surface area is 178 Å². The molecule has 0 saturated carbocycles. The number of benzene rings is 2. The second-order valence-corrected chi connectivity index (χ2v) is 7.93. The van der Waals surface area contributed by atoms with Gasteiger partial charge in [-0.05, 0) is 29.8 Å². The summed E-state index contributed by atoms with van der Waals surface area (Å²) in [5, 5.41) is 1.79.